The second-order valence-electron chi connectivity index (χ2n) is 2.40. The minimum absolute atomic E-state index is 0.0881. The van der Waals surface area contributed by atoms with Crippen LogP contribution in [0.5, 0.6) is 0 Å². The molecule has 0 rings (SSSR count). The predicted octanol–water partition coefficient (Wildman–Crippen LogP) is 0.379. The molecule has 0 unspecified atom stereocenters. The quantitative estimate of drug-likeness (QED) is 0.715. The van der Waals surface area contributed by atoms with Crippen molar-refractivity contribution in [2.24, 2.45) is 0 Å². The summed E-state index contributed by atoms with van der Waals surface area (Å²) in [6.45, 7) is 0.976. The van der Waals surface area contributed by atoms with Gasteiger partial charge in [0.25, 0.3) is 0 Å². The number of esters is 1. The Bertz CT molecular complexity index is 311. The van der Waals surface area contributed by atoms with Crippen molar-refractivity contribution in [2.75, 3.05) is 13.2 Å². The van der Waals surface area contributed by atoms with Crippen molar-refractivity contribution in [3.05, 3.63) is 0 Å². The summed E-state index contributed by atoms with van der Waals surface area (Å²) < 4.78 is 61.6. The molecular formula is C6H10F3NO4S. The van der Waals surface area contributed by atoms with E-state index in [0.29, 0.717) is 0 Å². The SMILES string of the molecule is CCOC(=O)CCNS(=O)(=O)C(F)(F)F. The average Bonchev–Trinajstić information content (AvgIpc) is 2.01. The van der Waals surface area contributed by atoms with E-state index in [1.54, 1.807) is 0 Å². The van der Waals surface area contributed by atoms with Crippen LogP contribution in [0, 0.1) is 0 Å². The lowest BCUT2D eigenvalue weighted by molar-refractivity contribution is -0.142. The Morgan fingerprint density at radius 2 is 1.93 bits per heavy atom. The zero-order valence-corrected chi connectivity index (χ0v) is 8.61. The van der Waals surface area contributed by atoms with Gasteiger partial charge in [0.1, 0.15) is 0 Å². The Labute approximate surface area is 84.6 Å². The third kappa shape index (κ3) is 4.98. The second-order valence-corrected chi connectivity index (χ2v) is 4.16. The van der Waals surface area contributed by atoms with Crippen LogP contribution in [0.4, 0.5) is 13.2 Å². The predicted molar refractivity (Wildman–Crippen MR) is 44.2 cm³/mol. The number of sulfonamides is 1. The Hall–Kier alpha value is -0.830. The number of nitrogens with one attached hydrogen (secondary N) is 1. The third-order valence-electron chi connectivity index (χ3n) is 1.23. The molecule has 15 heavy (non-hydrogen) atoms. The number of alkyl halides is 3. The first-order chi connectivity index (χ1) is 6.70. The standard InChI is InChI=1S/C6H10F3NO4S/c1-2-14-5(11)3-4-10-15(12,13)6(7,8)9/h10H,2-4H2,1H3. The number of halogens is 3. The number of carbonyl (C=O) groups excluding carboxylic acids is 1. The summed E-state index contributed by atoms with van der Waals surface area (Å²) >= 11 is 0. The van der Waals surface area contributed by atoms with E-state index in [1.807, 2.05) is 0 Å². The summed E-state index contributed by atoms with van der Waals surface area (Å²) in [6, 6.07) is 0. The van der Waals surface area contributed by atoms with Crippen molar-refractivity contribution in [2.45, 2.75) is 18.9 Å². The van der Waals surface area contributed by atoms with E-state index in [9.17, 15) is 26.4 Å². The molecule has 0 heterocycles. The topological polar surface area (TPSA) is 72.5 Å². The zero-order valence-electron chi connectivity index (χ0n) is 7.80. The molecule has 0 aliphatic carbocycles. The van der Waals surface area contributed by atoms with Gasteiger partial charge in [-0.25, -0.2) is 13.1 Å². The molecule has 0 atom stereocenters. The Kier molecular flexibility index (Phi) is 5.01. The summed E-state index contributed by atoms with van der Waals surface area (Å²) in [5, 5.41) is 0. The van der Waals surface area contributed by atoms with Crippen LogP contribution in [0.3, 0.4) is 0 Å². The molecular weight excluding hydrogens is 239 g/mol. The van der Waals surface area contributed by atoms with Crippen molar-refractivity contribution in [1.29, 1.82) is 0 Å². The largest absolute Gasteiger partial charge is 0.511 e. The van der Waals surface area contributed by atoms with Gasteiger partial charge in [-0.15, -0.1) is 0 Å². The van der Waals surface area contributed by atoms with E-state index in [0.717, 1.165) is 0 Å². The van der Waals surface area contributed by atoms with Crippen LogP contribution in [-0.4, -0.2) is 33.0 Å². The van der Waals surface area contributed by atoms with E-state index in [1.165, 1.54) is 11.6 Å². The van der Waals surface area contributed by atoms with Crippen molar-refractivity contribution in [1.82, 2.24) is 4.72 Å². The fourth-order valence-electron chi connectivity index (χ4n) is 0.602. The molecule has 1 N–H and O–H groups in total. The van der Waals surface area contributed by atoms with E-state index in [-0.39, 0.29) is 6.61 Å². The smallest absolute Gasteiger partial charge is 0.466 e. The van der Waals surface area contributed by atoms with Crippen molar-refractivity contribution < 1.29 is 31.1 Å². The lowest BCUT2D eigenvalue weighted by Gasteiger charge is -2.08. The number of carbonyl (C=O) groups is 1. The maximum absolute atomic E-state index is 11.7. The highest BCUT2D eigenvalue weighted by Gasteiger charge is 2.45. The molecule has 0 aromatic carbocycles. The van der Waals surface area contributed by atoms with Gasteiger partial charge in [-0.05, 0) is 6.92 Å². The van der Waals surface area contributed by atoms with Gasteiger partial charge in [0.05, 0.1) is 13.0 Å². The molecule has 5 nitrogen and oxygen atoms in total. The summed E-state index contributed by atoms with van der Waals surface area (Å²) in [6.07, 6.45) is -0.441. The van der Waals surface area contributed by atoms with Crippen LogP contribution in [0.15, 0.2) is 0 Å². The monoisotopic (exact) mass is 249 g/mol. The minimum Gasteiger partial charge on any atom is -0.466 e. The lowest BCUT2D eigenvalue weighted by atomic mass is 10.4. The molecule has 0 radical (unpaired) electrons. The summed E-state index contributed by atoms with van der Waals surface area (Å²) in [5.41, 5.74) is -5.36. The molecule has 0 fully saturated rings. The first-order valence-electron chi connectivity index (χ1n) is 3.92. The van der Waals surface area contributed by atoms with Crippen molar-refractivity contribution >= 4 is 16.0 Å². The van der Waals surface area contributed by atoms with Gasteiger partial charge in [0.2, 0.25) is 0 Å². The summed E-state index contributed by atoms with van der Waals surface area (Å²) in [4.78, 5) is 10.6. The molecule has 0 aliphatic heterocycles. The molecule has 0 bridgehead atoms. The lowest BCUT2D eigenvalue weighted by Crippen LogP contribution is -2.37. The van der Waals surface area contributed by atoms with Crippen LogP contribution in [0.25, 0.3) is 0 Å². The number of ether oxygens (including phenoxy) is 1. The molecule has 0 amide bonds. The molecule has 0 spiro atoms. The number of hydrogen-bond donors (Lipinski definition) is 1. The highest BCUT2D eigenvalue weighted by Crippen LogP contribution is 2.21. The van der Waals surface area contributed by atoms with Gasteiger partial charge in [0, 0.05) is 6.54 Å². The fourth-order valence-corrected chi connectivity index (χ4v) is 1.14. The van der Waals surface area contributed by atoms with E-state index in [4.69, 9.17) is 0 Å². The summed E-state index contributed by atoms with van der Waals surface area (Å²) in [5.74, 6) is -0.762. The molecule has 0 aliphatic rings. The van der Waals surface area contributed by atoms with Gasteiger partial charge in [-0.1, -0.05) is 0 Å². The van der Waals surface area contributed by atoms with Gasteiger partial charge in [-0.2, -0.15) is 13.2 Å². The third-order valence-corrected chi connectivity index (χ3v) is 2.42. The first kappa shape index (κ1) is 14.2. The highest BCUT2D eigenvalue weighted by atomic mass is 32.2. The molecule has 0 aromatic rings. The molecule has 0 saturated heterocycles. The Balaban J connectivity index is 4.03. The van der Waals surface area contributed by atoms with Gasteiger partial charge >= 0.3 is 21.5 Å². The maximum atomic E-state index is 11.7. The fraction of sp³-hybridized carbons (Fsp3) is 0.833. The van der Waals surface area contributed by atoms with Crippen LogP contribution < -0.4 is 4.72 Å². The normalized spacial score (nSPS) is 12.5. The Morgan fingerprint density at radius 3 is 2.33 bits per heavy atom. The van der Waals surface area contributed by atoms with Gasteiger partial charge in [-0.3, -0.25) is 4.79 Å². The molecule has 0 saturated carbocycles. The molecule has 0 aromatic heterocycles. The first-order valence-corrected chi connectivity index (χ1v) is 5.40. The van der Waals surface area contributed by atoms with Crippen molar-refractivity contribution in [3.8, 4) is 0 Å². The van der Waals surface area contributed by atoms with Crippen LogP contribution in [0.1, 0.15) is 13.3 Å². The second kappa shape index (κ2) is 5.31. The van der Waals surface area contributed by atoms with Crippen LogP contribution in [0.2, 0.25) is 0 Å². The van der Waals surface area contributed by atoms with Gasteiger partial charge < -0.3 is 4.74 Å². The van der Waals surface area contributed by atoms with Gasteiger partial charge in [0.15, 0.2) is 0 Å². The molecule has 90 valence electrons. The van der Waals surface area contributed by atoms with Crippen LogP contribution >= 0.6 is 0 Å². The molecule has 9 heteroatoms. The van der Waals surface area contributed by atoms with Crippen molar-refractivity contribution in [3.63, 3.8) is 0 Å². The number of hydrogen-bond acceptors (Lipinski definition) is 4. The summed E-state index contributed by atoms with van der Waals surface area (Å²) in [7, 11) is -5.37. The highest BCUT2D eigenvalue weighted by molar-refractivity contribution is 7.90. The van der Waals surface area contributed by atoms with E-state index in [2.05, 4.69) is 4.74 Å². The maximum Gasteiger partial charge on any atom is 0.511 e. The van der Waals surface area contributed by atoms with E-state index >= 15 is 0 Å². The average molecular weight is 249 g/mol. The zero-order chi connectivity index (χ0) is 12.1. The minimum atomic E-state index is -5.37. The number of rotatable bonds is 5. The Morgan fingerprint density at radius 1 is 1.40 bits per heavy atom. The van der Waals surface area contributed by atoms with Crippen LogP contribution in [-0.2, 0) is 19.6 Å². The van der Waals surface area contributed by atoms with E-state index < -0.39 is 34.5 Å².